The minimum atomic E-state index is 0.0440. The number of rotatable bonds is 4. The fourth-order valence-electron chi connectivity index (χ4n) is 1.32. The minimum absolute atomic E-state index is 0.0440. The number of aromatic nitrogens is 3. The van der Waals surface area contributed by atoms with E-state index in [4.69, 9.17) is 4.42 Å². The van der Waals surface area contributed by atoms with Crippen molar-refractivity contribution in [2.24, 2.45) is 7.05 Å². The van der Waals surface area contributed by atoms with Gasteiger partial charge in [-0.25, -0.2) is 0 Å². The van der Waals surface area contributed by atoms with Crippen LogP contribution in [0.4, 0.5) is 0 Å². The summed E-state index contributed by atoms with van der Waals surface area (Å²) in [6.07, 6.45) is 1.59. The molecule has 1 amide bonds. The third-order valence-electron chi connectivity index (χ3n) is 2.40. The summed E-state index contributed by atoms with van der Waals surface area (Å²) < 4.78 is 7.08. The van der Waals surface area contributed by atoms with Gasteiger partial charge >= 0.3 is 0 Å². The number of carbonyl (C=O) groups excluding carboxylic acids is 1. The molecule has 0 aliphatic rings. The van der Waals surface area contributed by atoms with E-state index < -0.39 is 0 Å². The van der Waals surface area contributed by atoms with Gasteiger partial charge in [-0.05, 0) is 12.1 Å². The van der Waals surface area contributed by atoms with Crippen LogP contribution in [-0.4, -0.2) is 45.4 Å². The summed E-state index contributed by atoms with van der Waals surface area (Å²) in [5.74, 6) is 1.70. The number of carbonyl (C=O) groups is 1. The molecule has 18 heavy (non-hydrogen) atoms. The van der Waals surface area contributed by atoms with E-state index >= 15 is 0 Å². The second-order valence-electron chi connectivity index (χ2n) is 3.92. The first-order chi connectivity index (χ1) is 8.59. The maximum Gasteiger partial charge on any atom is 0.232 e. The molecule has 7 heteroatoms. The average molecular weight is 266 g/mol. The lowest BCUT2D eigenvalue weighted by Gasteiger charge is -2.08. The maximum atomic E-state index is 11.5. The van der Waals surface area contributed by atoms with Crippen molar-refractivity contribution in [1.29, 1.82) is 0 Å². The van der Waals surface area contributed by atoms with Crippen LogP contribution in [0.5, 0.6) is 0 Å². The maximum absolute atomic E-state index is 11.5. The van der Waals surface area contributed by atoms with Crippen molar-refractivity contribution in [3.63, 3.8) is 0 Å². The zero-order valence-corrected chi connectivity index (χ0v) is 11.3. The monoisotopic (exact) mass is 266 g/mol. The van der Waals surface area contributed by atoms with Crippen LogP contribution in [0.25, 0.3) is 11.6 Å². The van der Waals surface area contributed by atoms with Gasteiger partial charge in [0, 0.05) is 21.1 Å². The Labute approximate surface area is 109 Å². The van der Waals surface area contributed by atoms with Crippen LogP contribution in [0.3, 0.4) is 0 Å². The van der Waals surface area contributed by atoms with Crippen molar-refractivity contribution in [2.75, 3.05) is 19.8 Å². The zero-order valence-electron chi connectivity index (χ0n) is 10.5. The lowest BCUT2D eigenvalue weighted by atomic mass is 10.4. The molecule has 0 radical (unpaired) electrons. The van der Waals surface area contributed by atoms with Crippen LogP contribution >= 0.6 is 11.8 Å². The second-order valence-corrected chi connectivity index (χ2v) is 4.86. The number of nitrogens with zero attached hydrogens (tertiary/aromatic N) is 4. The van der Waals surface area contributed by atoms with Gasteiger partial charge in [0.1, 0.15) is 0 Å². The Hall–Kier alpha value is -1.76. The Morgan fingerprint density at radius 3 is 2.89 bits per heavy atom. The quantitative estimate of drug-likeness (QED) is 0.779. The van der Waals surface area contributed by atoms with Gasteiger partial charge in [0.2, 0.25) is 5.91 Å². The van der Waals surface area contributed by atoms with Gasteiger partial charge in [-0.3, -0.25) is 4.79 Å². The number of hydrogen-bond acceptors (Lipinski definition) is 5. The molecule has 0 aliphatic heterocycles. The Morgan fingerprint density at radius 2 is 2.28 bits per heavy atom. The summed E-state index contributed by atoms with van der Waals surface area (Å²) in [7, 11) is 5.31. The molecule has 0 unspecified atom stereocenters. The van der Waals surface area contributed by atoms with E-state index in [2.05, 4.69) is 10.2 Å². The number of thioether (sulfide) groups is 1. The molecule has 6 nitrogen and oxygen atoms in total. The number of amides is 1. The van der Waals surface area contributed by atoms with Crippen molar-refractivity contribution in [3.8, 4) is 11.6 Å². The summed E-state index contributed by atoms with van der Waals surface area (Å²) in [4.78, 5) is 13.0. The topological polar surface area (TPSA) is 64.2 Å². The first-order valence-corrected chi connectivity index (χ1v) is 6.34. The summed E-state index contributed by atoms with van der Waals surface area (Å²) >= 11 is 1.36. The molecule has 2 rings (SSSR count). The van der Waals surface area contributed by atoms with Crippen molar-refractivity contribution >= 4 is 17.7 Å². The average Bonchev–Trinajstić information content (AvgIpc) is 2.95. The molecule has 2 aromatic heterocycles. The van der Waals surface area contributed by atoms with Crippen LogP contribution < -0.4 is 0 Å². The largest absolute Gasteiger partial charge is 0.461 e. The van der Waals surface area contributed by atoms with Gasteiger partial charge in [-0.2, -0.15) is 0 Å². The van der Waals surface area contributed by atoms with Crippen LogP contribution in [0.1, 0.15) is 0 Å². The lowest BCUT2D eigenvalue weighted by Crippen LogP contribution is -2.23. The molecular formula is C11H14N4O2S. The summed E-state index contributed by atoms with van der Waals surface area (Å²) in [6, 6.07) is 3.62. The number of furan rings is 1. The van der Waals surface area contributed by atoms with E-state index in [1.54, 1.807) is 31.3 Å². The fourth-order valence-corrected chi connectivity index (χ4v) is 2.21. The normalized spacial score (nSPS) is 10.6. The summed E-state index contributed by atoms with van der Waals surface area (Å²) in [5, 5.41) is 8.79. The molecule has 0 atom stereocenters. The molecular weight excluding hydrogens is 252 g/mol. The molecule has 0 aliphatic carbocycles. The zero-order chi connectivity index (χ0) is 13.1. The van der Waals surface area contributed by atoms with Gasteiger partial charge in [0.05, 0.1) is 12.0 Å². The smallest absolute Gasteiger partial charge is 0.232 e. The van der Waals surface area contributed by atoms with Crippen molar-refractivity contribution in [2.45, 2.75) is 5.16 Å². The standard InChI is InChI=1S/C11H14N4O2S/c1-14(2)9(16)7-18-11-13-12-10(15(11)3)8-5-4-6-17-8/h4-6H,7H2,1-3H3. The van der Waals surface area contributed by atoms with Crippen molar-refractivity contribution in [1.82, 2.24) is 19.7 Å². The van der Waals surface area contributed by atoms with E-state index in [9.17, 15) is 4.79 Å². The highest BCUT2D eigenvalue weighted by Gasteiger charge is 2.14. The molecule has 2 heterocycles. The molecule has 0 aromatic carbocycles. The molecule has 0 saturated carbocycles. The van der Waals surface area contributed by atoms with Crippen LogP contribution in [-0.2, 0) is 11.8 Å². The van der Waals surface area contributed by atoms with Gasteiger partial charge in [-0.1, -0.05) is 11.8 Å². The molecule has 0 bridgehead atoms. The number of hydrogen-bond donors (Lipinski definition) is 0. The Kier molecular flexibility index (Phi) is 3.71. The predicted molar refractivity (Wildman–Crippen MR) is 68.1 cm³/mol. The SMILES string of the molecule is CN(C)C(=O)CSc1nnc(-c2ccco2)n1C. The van der Waals surface area contributed by atoms with Gasteiger partial charge in [-0.15, -0.1) is 10.2 Å². The Bertz CT molecular complexity index is 533. The fraction of sp³-hybridized carbons (Fsp3) is 0.364. The lowest BCUT2D eigenvalue weighted by molar-refractivity contribution is -0.125. The third kappa shape index (κ3) is 2.56. The minimum Gasteiger partial charge on any atom is -0.461 e. The van der Waals surface area contributed by atoms with Gasteiger partial charge in [0.15, 0.2) is 16.7 Å². The van der Waals surface area contributed by atoms with E-state index in [1.165, 1.54) is 11.8 Å². The molecule has 2 aromatic rings. The summed E-state index contributed by atoms with van der Waals surface area (Å²) in [6.45, 7) is 0. The van der Waals surface area contributed by atoms with Crippen LogP contribution in [0, 0.1) is 0 Å². The van der Waals surface area contributed by atoms with Crippen LogP contribution in [0.15, 0.2) is 28.0 Å². The highest BCUT2D eigenvalue weighted by Crippen LogP contribution is 2.22. The van der Waals surface area contributed by atoms with Crippen molar-refractivity contribution in [3.05, 3.63) is 18.4 Å². The van der Waals surface area contributed by atoms with Crippen molar-refractivity contribution < 1.29 is 9.21 Å². The Balaban J connectivity index is 2.10. The van der Waals surface area contributed by atoms with E-state index in [1.807, 2.05) is 17.7 Å². The highest BCUT2D eigenvalue weighted by atomic mass is 32.2. The van der Waals surface area contributed by atoms with Gasteiger partial charge in [0.25, 0.3) is 0 Å². The highest BCUT2D eigenvalue weighted by molar-refractivity contribution is 7.99. The molecule has 96 valence electrons. The first-order valence-electron chi connectivity index (χ1n) is 5.36. The molecule has 0 saturated heterocycles. The van der Waals surface area contributed by atoms with E-state index in [-0.39, 0.29) is 5.91 Å². The third-order valence-corrected chi connectivity index (χ3v) is 3.41. The van der Waals surface area contributed by atoms with Crippen LogP contribution in [0.2, 0.25) is 0 Å². The molecule has 0 spiro atoms. The summed E-state index contributed by atoms with van der Waals surface area (Å²) in [5.41, 5.74) is 0. The molecule has 0 N–H and O–H groups in total. The predicted octanol–water partition coefficient (Wildman–Crippen LogP) is 1.26. The van der Waals surface area contributed by atoms with E-state index in [0.717, 1.165) is 0 Å². The Morgan fingerprint density at radius 1 is 1.50 bits per heavy atom. The first kappa shape index (κ1) is 12.7. The van der Waals surface area contributed by atoms with Gasteiger partial charge < -0.3 is 13.9 Å². The second kappa shape index (κ2) is 5.26. The molecule has 0 fully saturated rings. The van der Waals surface area contributed by atoms with E-state index in [0.29, 0.717) is 22.5 Å².